The molecule has 0 aromatic heterocycles. The number of hydrogen-bond donors (Lipinski definition) is 1. The molecule has 0 spiro atoms. The van der Waals surface area contributed by atoms with Crippen LogP contribution in [0.3, 0.4) is 0 Å². The monoisotopic (exact) mass is 328 g/mol. The van der Waals surface area contributed by atoms with E-state index in [1.165, 1.54) is 6.07 Å². The number of halogens is 1. The summed E-state index contributed by atoms with van der Waals surface area (Å²) in [7, 11) is 0. The summed E-state index contributed by atoms with van der Waals surface area (Å²) in [4.78, 5) is 22.1. The first kappa shape index (κ1) is 15.6. The Balaban J connectivity index is 2.71. The Morgan fingerprint density at radius 2 is 2.16 bits per heavy atom. The molecule has 0 saturated carbocycles. The highest BCUT2D eigenvalue weighted by atomic mass is 79.9. The third-order valence-electron chi connectivity index (χ3n) is 2.73. The molecule has 0 aliphatic rings. The summed E-state index contributed by atoms with van der Waals surface area (Å²) < 4.78 is 0. The normalized spacial score (nSPS) is 10.2. The Morgan fingerprint density at radius 1 is 1.42 bits per heavy atom. The topological polar surface area (TPSA) is 72.2 Å². The molecule has 0 atom stereocenters. The van der Waals surface area contributed by atoms with Gasteiger partial charge in [-0.15, -0.1) is 0 Å². The van der Waals surface area contributed by atoms with Gasteiger partial charge >= 0.3 is 0 Å². The van der Waals surface area contributed by atoms with Gasteiger partial charge in [-0.3, -0.25) is 14.9 Å². The van der Waals surface area contributed by atoms with Crippen molar-refractivity contribution >= 4 is 33.2 Å². The number of alkyl halides is 1. The highest BCUT2D eigenvalue weighted by Gasteiger charge is 2.13. The summed E-state index contributed by atoms with van der Waals surface area (Å²) in [5.41, 5.74) is 1.20. The molecule has 0 unspecified atom stereocenters. The van der Waals surface area contributed by atoms with Crippen molar-refractivity contribution in [2.24, 2.45) is 0 Å². The fraction of sp³-hybridized carbons (Fsp3) is 0.462. The summed E-state index contributed by atoms with van der Waals surface area (Å²) in [6.45, 7) is 1.86. The second-order valence-electron chi connectivity index (χ2n) is 4.15. The standard InChI is InChI=1S/C13H17BrN2O3/c1-2-10-6-7-11(9-12(10)16(18)19)15-13(17)5-3-4-8-14/h6-7,9H,2-5,8H2,1H3,(H,15,17). The van der Waals surface area contributed by atoms with Gasteiger partial charge in [-0.05, 0) is 25.3 Å². The van der Waals surface area contributed by atoms with Crippen molar-refractivity contribution in [3.05, 3.63) is 33.9 Å². The highest BCUT2D eigenvalue weighted by Crippen LogP contribution is 2.23. The van der Waals surface area contributed by atoms with Crippen molar-refractivity contribution in [3.8, 4) is 0 Å². The summed E-state index contributed by atoms with van der Waals surface area (Å²) in [6.07, 6.45) is 2.75. The summed E-state index contributed by atoms with van der Waals surface area (Å²) in [5, 5.41) is 14.5. The van der Waals surface area contributed by atoms with Crippen molar-refractivity contribution in [2.45, 2.75) is 32.6 Å². The second-order valence-corrected chi connectivity index (χ2v) is 4.94. The highest BCUT2D eigenvalue weighted by molar-refractivity contribution is 9.09. The Kier molecular flexibility index (Phi) is 6.49. The molecule has 0 bridgehead atoms. The lowest BCUT2D eigenvalue weighted by atomic mass is 10.1. The number of anilines is 1. The largest absolute Gasteiger partial charge is 0.326 e. The van der Waals surface area contributed by atoms with Crippen LogP contribution in [0, 0.1) is 10.1 Å². The molecule has 0 aliphatic carbocycles. The van der Waals surface area contributed by atoms with Crippen LogP contribution in [0.4, 0.5) is 11.4 Å². The van der Waals surface area contributed by atoms with Crippen LogP contribution in [0.25, 0.3) is 0 Å². The zero-order valence-corrected chi connectivity index (χ0v) is 12.4. The number of nitro groups is 1. The SMILES string of the molecule is CCc1ccc(NC(=O)CCCCBr)cc1[N+](=O)[O-]. The molecule has 1 N–H and O–H groups in total. The number of rotatable bonds is 7. The Labute approximate surface area is 120 Å². The van der Waals surface area contributed by atoms with Crippen molar-refractivity contribution in [1.82, 2.24) is 0 Å². The maximum atomic E-state index is 11.6. The van der Waals surface area contributed by atoms with Crippen molar-refractivity contribution in [2.75, 3.05) is 10.6 Å². The maximum Gasteiger partial charge on any atom is 0.274 e. The Bertz CT molecular complexity index is 463. The quantitative estimate of drug-likeness (QED) is 0.359. The number of amides is 1. The summed E-state index contributed by atoms with van der Waals surface area (Å²) in [6, 6.07) is 4.81. The predicted octanol–water partition coefficient (Wildman–Crippen LogP) is 3.66. The van der Waals surface area contributed by atoms with E-state index in [9.17, 15) is 14.9 Å². The lowest BCUT2D eigenvalue weighted by Crippen LogP contribution is -2.11. The molecular formula is C13H17BrN2O3. The molecule has 1 rings (SSSR count). The van der Waals surface area contributed by atoms with E-state index in [1.54, 1.807) is 12.1 Å². The third-order valence-corrected chi connectivity index (χ3v) is 3.29. The zero-order valence-electron chi connectivity index (χ0n) is 10.8. The molecule has 5 nitrogen and oxygen atoms in total. The number of benzene rings is 1. The lowest BCUT2D eigenvalue weighted by molar-refractivity contribution is -0.385. The third kappa shape index (κ3) is 4.98. The second kappa shape index (κ2) is 7.89. The fourth-order valence-corrected chi connectivity index (χ4v) is 2.11. The fourth-order valence-electron chi connectivity index (χ4n) is 1.71. The number of carbonyl (C=O) groups is 1. The molecule has 1 amide bonds. The molecule has 0 heterocycles. The van der Waals surface area contributed by atoms with Crippen LogP contribution in [0.5, 0.6) is 0 Å². The van der Waals surface area contributed by atoms with Crippen LogP contribution in [-0.2, 0) is 11.2 Å². The van der Waals surface area contributed by atoms with E-state index in [0.717, 1.165) is 18.2 Å². The number of nitrogens with zero attached hydrogens (tertiary/aromatic N) is 1. The van der Waals surface area contributed by atoms with Gasteiger partial charge in [0.25, 0.3) is 5.69 Å². The van der Waals surface area contributed by atoms with Gasteiger partial charge < -0.3 is 5.32 Å². The molecular weight excluding hydrogens is 312 g/mol. The first-order valence-corrected chi connectivity index (χ1v) is 7.33. The van der Waals surface area contributed by atoms with Gasteiger partial charge in [0.15, 0.2) is 0 Å². The van der Waals surface area contributed by atoms with Gasteiger partial charge in [0.2, 0.25) is 5.91 Å². The molecule has 6 heteroatoms. The maximum absolute atomic E-state index is 11.6. The average molecular weight is 329 g/mol. The van der Waals surface area contributed by atoms with Crippen molar-refractivity contribution in [1.29, 1.82) is 0 Å². The van der Waals surface area contributed by atoms with Gasteiger partial charge in [-0.1, -0.05) is 28.9 Å². The first-order chi connectivity index (χ1) is 9.08. The number of unbranched alkanes of at least 4 members (excludes halogenated alkanes) is 1. The van der Waals surface area contributed by atoms with E-state index in [0.29, 0.717) is 24.1 Å². The number of nitro benzene ring substituents is 1. The van der Waals surface area contributed by atoms with E-state index in [-0.39, 0.29) is 11.6 Å². The molecule has 0 fully saturated rings. The molecule has 104 valence electrons. The van der Waals surface area contributed by atoms with E-state index in [1.807, 2.05) is 6.92 Å². The number of hydrogen-bond acceptors (Lipinski definition) is 3. The van der Waals surface area contributed by atoms with Crippen LogP contribution >= 0.6 is 15.9 Å². The molecule has 1 aromatic carbocycles. The molecule has 0 radical (unpaired) electrons. The minimum atomic E-state index is -0.417. The van der Waals surface area contributed by atoms with Crippen LogP contribution in [0.15, 0.2) is 18.2 Å². The Hall–Kier alpha value is -1.43. The van der Waals surface area contributed by atoms with Crippen LogP contribution in [-0.4, -0.2) is 16.2 Å². The predicted molar refractivity (Wildman–Crippen MR) is 78.7 cm³/mol. The number of aryl methyl sites for hydroxylation is 1. The van der Waals surface area contributed by atoms with Gasteiger partial charge in [0.1, 0.15) is 0 Å². The van der Waals surface area contributed by atoms with Gasteiger partial charge in [-0.2, -0.15) is 0 Å². The van der Waals surface area contributed by atoms with E-state index >= 15 is 0 Å². The minimum absolute atomic E-state index is 0.0563. The average Bonchev–Trinajstić information content (AvgIpc) is 2.39. The smallest absolute Gasteiger partial charge is 0.274 e. The number of nitrogens with one attached hydrogen (secondary N) is 1. The molecule has 1 aromatic rings. The van der Waals surface area contributed by atoms with Crippen molar-refractivity contribution < 1.29 is 9.72 Å². The molecule has 0 aliphatic heterocycles. The van der Waals surface area contributed by atoms with Gasteiger partial charge in [-0.25, -0.2) is 0 Å². The summed E-state index contributed by atoms with van der Waals surface area (Å²) >= 11 is 3.30. The van der Waals surface area contributed by atoms with E-state index in [4.69, 9.17) is 0 Å². The van der Waals surface area contributed by atoms with E-state index < -0.39 is 4.92 Å². The van der Waals surface area contributed by atoms with Crippen molar-refractivity contribution in [3.63, 3.8) is 0 Å². The Morgan fingerprint density at radius 3 is 2.74 bits per heavy atom. The van der Waals surface area contributed by atoms with E-state index in [2.05, 4.69) is 21.2 Å². The lowest BCUT2D eigenvalue weighted by Gasteiger charge is -2.06. The van der Waals surface area contributed by atoms with Crippen LogP contribution < -0.4 is 5.32 Å². The van der Waals surface area contributed by atoms with Crippen LogP contribution in [0.2, 0.25) is 0 Å². The first-order valence-electron chi connectivity index (χ1n) is 6.21. The molecule has 0 saturated heterocycles. The minimum Gasteiger partial charge on any atom is -0.326 e. The zero-order chi connectivity index (χ0) is 14.3. The molecule has 19 heavy (non-hydrogen) atoms. The number of carbonyl (C=O) groups excluding carboxylic acids is 1. The van der Waals surface area contributed by atoms with Crippen LogP contribution in [0.1, 0.15) is 31.7 Å². The van der Waals surface area contributed by atoms with Gasteiger partial charge in [0, 0.05) is 29.1 Å². The summed E-state index contributed by atoms with van der Waals surface area (Å²) in [5.74, 6) is -0.112. The van der Waals surface area contributed by atoms with Gasteiger partial charge in [0.05, 0.1) is 4.92 Å².